The normalized spacial score (nSPS) is 33.9. The number of aliphatic hydroxyl groups is 1. The third-order valence-corrected chi connectivity index (χ3v) is 6.63. The van der Waals surface area contributed by atoms with E-state index in [4.69, 9.17) is 18.9 Å². The maximum atomic E-state index is 12.8. The van der Waals surface area contributed by atoms with Crippen LogP contribution in [0.1, 0.15) is 60.8 Å². The highest BCUT2D eigenvalue weighted by molar-refractivity contribution is 5.96. The fraction of sp³-hybridized carbons (Fsp3) is 0.560. The van der Waals surface area contributed by atoms with Crippen LogP contribution in [0.25, 0.3) is 0 Å². The molecule has 0 aromatic heterocycles. The molecule has 3 aliphatic rings. The van der Waals surface area contributed by atoms with Crippen molar-refractivity contribution in [2.75, 3.05) is 6.61 Å². The Kier molecular flexibility index (Phi) is 7.00. The maximum Gasteiger partial charge on any atom is 0.343 e. The van der Waals surface area contributed by atoms with Gasteiger partial charge in [-0.05, 0) is 53.5 Å². The molecule has 0 radical (unpaired) electrons. The highest BCUT2D eigenvalue weighted by Crippen LogP contribution is 2.47. The molecule has 8 nitrogen and oxygen atoms in total. The summed E-state index contributed by atoms with van der Waals surface area (Å²) in [4.78, 5) is 37.7. The lowest BCUT2D eigenvalue weighted by molar-refractivity contribution is -0.238. The fourth-order valence-electron chi connectivity index (χ4n) is 4.17. The Morgan fingerprint density at radius 2 is 1.82 bits per heavy atom. The number of carbonyl (C=O) groups excluding carboxylic acids is 3. The maximum absolute atomic E-state index is 12.8. The van der Waals surface area contributed by atoms with Crippen LogP contribution in [0.2, 0.25) is 0 Å². The average molecular weight is 461 g/mol. The van der Waals surface area contributed by atoms with Gasteiger partial charge in [-0.2, -0.15) is 0 Å². The summed E-state index contributed by atoms with van der Waals surface area (Å²) in [5, 5.41) is 11.1. The number of fused-ring (bicyclic) bond motifs is 3. The molecule has 33 heavy (non-hydrogen) atoms. The van der Waals surface area contributed by atoms with Gasteiger partial charge in [-0.25, -0.2) is 14.4 Å². The Morgan fingerprint density at radius 3 is 2.45 bits per heavy atom. The summed E-state index contributed by atoms with van der Waals surface area (Å²) in [6.45, 7) is 9.96. The molecule has 0 amide bonds. The first kappa shape index (κ1) is 24.9. The van der Waals surface area contributed by atoms with Crippen LogP contribution < -0.4 is 0 Å². The minimum Gasteiger partial charge on any atom is -0.457 e. The molecule has 1 N–H and O–H groups in total. The molecule has 3 aliphatic heterocycles. The van der Waals surface area contributed by atoms with Crippen molar-refractivity contribution in [3.05, 3.63) is 46.3 Å². The molecule has 2 bridgehead atoms. The van der Waals surface area contributed by atoms with Gasteiger partial charge in [-0.3, -0.25) is 0 Å². The van der Waals surface area contributed by atoms with Crippen molar-refractivity contribution in [3.63, 3.8) is 0 Å². The zero-order chi connectivity index (χ0) is 24.6. The molecular formula is C25H32O8. The predicted molar refractivity (Wildman–Crippen MR) is 118 cm³/mol. The van der Waals surface area contributed by atoms with E-state index in [0.717, 1.165) is 0 Å². The van der Waals surface area contributed by atoms with Gasteiger partial charge < -0.3 is 24.1 Å². The molecule has 0 spiro atoms. The number of carbonyl (C=O) groups is 3. The Morgan fingerprint density at radius 1 is 1.18 bits per heavy atom. The Balaban J connectivity index is 2.09. The standard InChI is InChI=1S/C25H32O8/c1-7-14(3)21(26)30-13-17-20-18(31-22(27)15(4)8-2)11-16(5)25(29)10-9-24(6,33-25)12-19(20)32-23(17)28/h7-8,12,16,18,29H,9-11,13H2,1-6H3/b14-7+,15-8+,19-12+/t16-,18+,24-,25-/m1/s1. The molecule has 4 atom stereocenters. The number of rotatable bonds is 5. The lowest BCUT2D eigenvalue weighted by atomic mass is 9.86. The second-order valence-electron chi connectivity index (χ2n) is 9.10. The summed E-state index contributed by atoms with van der Waals surface area (Å²) >= 11 is 0. The summed E-state index contributed by atoms with van der Waals surface area (Å²) in [6.07, 6.45) is 5.07. The summed E-state index contributed by atoms with van der Waals surface area (Å²) in [7, 11) is 0. The van der Waals surface area contributed by atoms with Crippen LogP contribution >= 0.6 is 0 Å². The molecule has 0 saturated carbocycles. The van der Waals surface area contributed by atoms with E-state index in [9.17, 15) is 19.5 Å². The first-order chi connectivity index (χ1) is 15.4. The molecule has 0 aliphatic carbocycles. The highest BCUT2D eigenvalue weighted by atomic mass is 16.6. The smallest absolute Gasteiger partial charge is 0.343 e. The third-order valence-electron chi connectivity index (χ3n) is 6.63. The summed E-state index contributed by atoms with van der Waals surface area (Å²) in [5.41, 5.74) is 0.373. The van der Waals surface area contributed by atoms with Gasteiger partial charge in [-0.15, -0.1) is 0 Å². The van der Waals surface area contributed by atoms with Gasteiger partial charge in [0, 0.05) is 29.1 Å². The SMILES string of the molecule is C/C=C(\C)C(=O)OCC1=C2/C(=C\[C@@]3(C)CC[C@@](O)(O3)[C@H](C)C[C@@H]2OC(=O)/C(C)=C/C)OC1=O. The fourth-order valence-corrected chi connectivity index (χ4v) is 4.17. The summed E-state index contributed by atoms with van der Waals surface area (Å²) in [6, 6.07) is 0. The first-order valence-electron chi connectivity index (χ1n) is 11.2. The summed E-state index contributed by atoms with van der Waals surface area (Å²) < 4.78 is 22.7. The minimum absolute atomic E-state index is 0.106. The van der Waals surface area contributed by atoms with Gasteiger partial charge in [0.2, 0.25) is 0 Å². The number of allylic oxidation sites excluding steroid dienone is 2. The zero-order valence-corrected chi connectivity index (χ0v) is 20.0. The third kappa shape index (κ3) is 4.96. The monoisotopic (exact) mass is 460 g/mol. The largest absolute Gasteiger partial charge is 0.457 e. The van der Waals surface area contributed by atoms with Crippen molar-refractivity contribution in [1.29, 1.82) is 0 Å². The Bertz CT molecular complexity index is 984. The van der Waals surface area contributed by atoms with E-state index >= 15 is 0 Å². The van der Waals surface area contributed by atoms with Crippen molar-refractivity contribution >= 4 is 17.9 Å². The molecule has 3 heterocycles. The van der Waals surface area contributed by atoms with Crippen LogP contribution in [0.4, 0.5) is 0 Å². The zero-order valence-electron chi connectivity index (χ0n) is 20.0. The second-order valence-corrected chi connectivity index (χ2v) is 9.10. The molecule has 1 fully saturated rings. The van der Waals surface area contributed by atoms with Crippen LogP contribution in [0.3, 0.4) is 0 Å². The number of ether oxygens (including phenoxy) is 4. The Labute approximate surface area is 193 Å². The Hall–Kier alpha value is -2.71. The molecular weight excluding hydrogens is 428 g/mol. The van der Waals surface area contributed by atoms with Gasteiger partial charge in [0.1, 0.15) is 18.5 Å². The van der Waals surface area contributed by atoms with Crippen molar-refractivity contribution in [1.82, 2.24) is 0 Å². The quantitative estimate of drug-likeness (QED) is 0.378. The van der Waals surface area contributed by atoms with Crippen LogP contribution in [0.15, 0.2) is 46.3 Å². The van der Waals surface area contributed by atoms with E-state index in [2.05, 4.69) is 0 Å². The van der Waals surface area contributed by atoms with Crippen molar-refractivity contribution in [2.24, 2.45) is 5.92 Å². The molecule has 8 heteroatoms. The van der Waals surface area contributed by atoms with Crippen molar-refractivity contribution < 1.29 is 38.4 Å². The molecule has 0 aromatic carbocycles. The first-order valence-corrected chi connectivity index (χ1v) is 11.2. The van der Waals surface area contributed by atoms with Gasteiger partial charge in [0.15, 0.2) is 5.79 Å². The van der Waals surface area contributed by atoms with Crippen molar-refractivity contribution in [3.8, 4) is 0 Å². The van der Waals surface area contributed by atoms with Crippen LogP contribution in [-0.2, 0) is 33.3 Å². The number of esters is 3. The van der Waals surface area contributed by atoms with Gasteiger partial charge in [-0.1, -0.05) is 19.1 Å². The van der Waals surface area contributed by atoms with Gasteiger partial charge in [0.25, 0.3) is 0 Å². The van der Waals surface area contributed by atoms with E-state index in [0.29, 0.717) is 29.6 Å². The number of hydrogen-bond donors (Lipinski definition) is 1. The van der Waals surface area contributed by atoms with E-state index in [1.807, 2.05) is 6.92 Å². The second kappa shape index (κ2) is 9.27. The van der Waals surface area contributed by atoms with E-state index in [1.54, 1.807) is 52.8 Å². The average Bonchev–Trinajstić information content (AvgIpc) is 3.25. The van der Waals surface area contributed by atoms with Gasteiger partial charge >= 0.3 is 17.9 Å². The molecule has 3 rings (SSSR count). The molecule has 1 saturated heterocycles. The van der Waals surface area contributed by atoms with Gasteiger partial charge in [0.05, 0.1) is 11.2 Å². The highest BCUT2D eigenvalue weighted by Gasteiger charge is 2.52. The van der Waals surface area contributed by atoms with E-state index < -0.39 is 41.3 Å². The van der Waals surface area contributed by atoms with Crippen LogP contribution in [0.5, 0.6) is 0 Å². The lowest BCUT2D eigenvalue weighted by Gasteiger charge is -2.33. The van der Waals surface area contributed by atoms with Crippen LogP contribution in [-0.4, -0.2) is 47.1 Å². The summed E-state index contributed by atoms with van der Waals surface area (Å²) in [5.74, 6) is -3.42. The van der Waals surface area contributed by atoms with Crippen molar-refractivity contribution in [2.45, 2.75) is 78.3 Å². The molecule has 180 valence electrons. The minimum atomic E-state index is -1.41. The van der Waals surface area contributed by atoms with E-state index in [-0.39, 0.29) is 24.4 Å². The van der Waals surface area contributed by atoms with Crippen LogP contribution in [0, 0.1) is 5.92 Å². The topological polar surface area (TPSA) is 108 Å². The predicted octanol–water partition coefficient (Wildman–Crippen LogP) is 3.41. The van der Waals surface area contributed by atoms with E-state index in [1.165, 1.54) is 0 Å². The number of hydrogen-bond acceptors (Lipinski definition) is 8. The lowest BCUT2D eigenvalue weighted by Crippen LogP contribution is -2.40. The molecule has 0 aromatic rings. The molecule has 0 unspecified atom stereocenters.